The van der Waals surface area contributed by atoms with Gasteiger partial charge in [0.25, 0.3) is 5.56 Å². The van der Waals surface area contributed by atoms with Gasteiger partial charge >= 0.3 is 0 Å². The number of aromatic amines is 1. The van der Waals surface area contributed by atoms with Crippen LogP contribution in [0.2, 0.25) is 0 Å². The minimum Gasteiger partial charge on any atom is -0.497 e. The molecule has 0 unspecified atom stereocenters. The molecular weight excluding hydrogens is 410 g/mol. The number of benzene rings is 1. The van der Waals surface area contributed by atoms with Crippen molar-refractivity contribution in [1.82, 2.24) is 25.0 Å². The zero-order valence-electron chi connectivity index (χ0n) is 19.5. The fourth-order valence-electron chi connectivity index (χ4n) is 3.40. The number of H-pyrrole nitrogens is 1. The number of likely N-dealkylation sites (N-methyl/N-ethyl adjacent to an activating group) is 1. The molecule has 0 saturated carbocycles. The van der Waals surface area contributed by atoms with Crippen molar-refractivity contribution in [3.63, 3.8) is 0 Å². The normalized spacial score (nSPS) is 11.3. The zero-order chi connectivity index (χ0) is 22.8. The van der Waals surface area contributed by atoms with Crippen LogP contribution in [0.3, 0.4) is 0 Å². The van der Waals surface area contributed by atoms with Gasteiger partial charge in [0.15, 0.2) is 5.11 Å². The van der Waals surface area contributed by atoms with Crippen LogP contribution in [-0.4, -0.2) is 85.3 Å². The molecule has 31 heavy (non-hydrogen) atoms. The standard InChI is InChI=1S/C23H37N5O2S/c1-6-27(7-2)12-8-11-24-23(31)28(14-13-26(3)4)17-19-15-18-16-20(30-5)9-10-21(18)25-22(19)29/h9-10,15-16H,6-8,11-14,17H2,1-5H3,(H,24,31)(H,25,29). The van der Waals surface area contributed by atoms with Gasteiger partial charge in [-0.15, -0.1) is 0 Å². The van der Waals surface area contributed by atoms with Gasteiger partial charge in [0.1, 0.15) is 5.75 Å². The van der Waals surface area contributed by atoms with Gasteiger partial charge in [-0.3, -0.25) is 4.79 Å². The minimum absolute atomic E-state index is 0.0862. The Morgan fingerprint density at radius 2 is 1.87 bits per heavy atom. The van der Waals surface area contributed by atoms with E-state index in [1.54, 1.807) is 7.11 Å². The van der Waals surface area contributed by atoms with Crippen molar-refractivity contribution in [2.24, 2.45) is 0 Å². The highest BCUT2D eigenvalue weighted by Gasteiger charge is 2.14. The van der Waals surface area contributed by atoms with Crippen molar-refractivity contribution in [3.8, 4) is 5.75 Å². The third kappa shape index (κ3) is 7.79. The van der Waals surface area contributed by atoms with Crippen molar-refractivity contribution in [2.75, 3.05) is 60.5 Å². The van der Waals surface area contributed by atoms with Crippen LogP contribution in [0.1, 0.15) is 25.8 Å². The average molecular weight is 448 g/mol. The highest BCUT2D eigenvalue weighted by Crippen LogP contribution is 2.19. The summed E-state index contributed by atoms with van der Waals surface area (Å²) in [6.07, 6.45) is 1.03. The van der Waals surface area contributed by atoms with E-state index in [4.69, 9.17) is 17.0 Å². The number of fused-ring (bicyclic) bond motifs is 1. The predicted octanol–water partition coefficient (Wildman–Crippen LogP) is 2.51. The first-order valence-corrected chi connectivity index (χ1v) is 11.4. The van der Waals surface area contributed by atoms with Gasteiger partial charge < -0.3 is 29.7 Å². The molecule has 0 bridgehead atoms. The Morgan fingerprint density at radius 1 is 1.13 bits per heavy atom. The van der Waals surface area contributed by atoms with Crippen LogP contribution < -0.4 is 15.6 Å². The topological polar surface area (TPSA) is 63.8 Å². The molecule has 0 aliphatic heterocycles. The number of nitrogens with zero attached hydrogens (tertiary/aromatic N) is 3. The molecular formula is C23H37N5O2S. The van der Waals surface area contributed by atoms with Crippen LogP contribution in [-0.2, 0) is 6.54 Å². The molecule has 8 heteroatoms. The van der Waals surface area contributed by atoms with Crippen molar-refractivity contribution < 1.29 is 4.74 Å². The summed E-state index contributed by atoms with van der Waals surface area (Å²) in [5, 5.41) is 5.02. The average Bonchev–Trinajstić information content (AvgIpc) is 2.76. The van der Waals surface area contributed by atoms with Gasteiger partial charge in [-0.25, -0.2) is 0 Å². The van der Waals surface area contributed by atoms with E-state index >= 15 is 0 Å². The van der Waals surface area contributed by atoms with Gasteiger partial charge in [-0.1, -0.05) is 13.8 Å². The van der Waals surface area contributed by atoms with Crippen molar-refractivity contribution in [2.45, 2.75) is 26.8 Å². The van der Waals surface area contributed by atoms with Crippen molar-refractivity contribution in [1.29, 1.82) is 0 Å². The minimum atomic E-state index is -0.0862. The van der Waals surface area contributed by atoms with Gasteiger partial charge in [-0.2, -0.15) is 0 Å². The summed E-state index contributed by atoms with van der Waals surface area (Å²) in [6, 6.07) is 7.58. The van der Waals surface area contributed by atoms with Crippen LogP contribution >= 0.6 is 12.2 Å². The van der Waals surface area contributed by atoms with E-state index in [0.717, 1.165) is 62.3 Å². The quantitative estimate of drug-likeness (QED) is 0.383. The lowest BCUT2D eigenvalue weighted by molar-refractivity contribution is 0.297. The van der Waals surface area contributed by atoms with Crippen LogP contribution in [0, 0.1) is 0 Å². The van der Waals surface area contributed by atoms with E-state index in [9.17, 15) is 4.79 Å². The second kappa shape index (κ2) is 12.6. The van der Waals surface area contributed by atoms with E-state index in [0.29, 0.717) is 17.2 Å². The third-order valence-corrected chi connectivity index (χ3v) is 5.82. The van der Waals surface area contributed by atoms with Crippen LogP contribution in [0.25, 0.3) is 10.9 Å². The summed E-state index contributed by atoms with van der Waals surface area (Å²) in [5.74, 6) is 0.764. The molecule has 2 aromatic rings. The second-order valence-electron chi connectivity index (χ2n) is 7.91. The molecule has 0 atom stereocenters. The maximum absolute atomic E-state index is 12.7. The molecule has 0 aliphatic carbocycles. The molecule has 0 radical (unpaired) electrons. The Labute approximate surface area is 191 Å². The number of pyridine rings is 1. The fraction of sp³-hybridized carbons (Fsp3) is 0.565. The molecule has 1 aromatic carbocycles. The molecule has 7 nitrogen and oxygen atoms in total. The highest BCUT2D eigenvalue weighted by atomic mass is 32.1. The molecule has 0 saturated heterocycles. The number of nitrogens with one attached hydrogen (secondary N) is 2. The van der Waals surface area contributed by atoms with Crippen LogP contribution in [0.4, 0.5) is 0 Å². The summed E-state index contributed by atoms with van der Waals surface area (Å²) in [5.41, 5.74) is 1.40. The zero-order valence-corrected chi connectivity index (χ0v) is 20.3. The second-order valence-corrected chi connectivity index (χ2v) is 8.30. The summed E-state index contributed by atoms with van der Waals surface area (Å²) in [7, 11) is 5.71. The molecule has 172 valence electrons. The van der Waals surface area contributed by atoms with E-state index in [1.807, 2.05) is 38.4 Å². The van der Waals surface area contributed by atoms with Gasteiger partial charge in [0, 0.05) is 36.1 Å². The fourth-order valence-corrected chi connectivity index (χ4v) is 3.66. The number of ether oxygens (including phenoxy) is 1. The Balaban J connectivity index is 2.11. The molecule has 0 fully saturated rings. The lowest BCUT2D eigenvalue weighted by Gasteiger charge is -2.27. The third-order valence-electron chi connectivity index (χ3n) is 5.42. The van der Waals surface area contributed by atoms with E-state index in [-0.39, 0.29) is 5.56 Å². The number of hydrogen-bond acceptors (Lipinski definition) is 5. The largest absolute Gasteiger partial charge is 0.497 e. The molecule has 0 amide bonds. The number of aromatic nitrogens is 1. The Bertz CT molecular complexity index is 895. The maximum Gasteiger partial charge on any atom is 0.253 e. The van der Waals surface area contributed by atoms with Crippen molar-refractivity contribution in [3.05, 3.63) is 40.2 Å². The number of thiocarbonyl (C=S) groups is 1. The first-order chi connectivity index (χ1) is 14.9. The Morgan fingerprint density at radius 3 is 2.52 bits per heavy atom. The SMILES string of the molecule is CCN(CC)CCCNC(=S)N(CCN(C)C)Cc1cc2cc(OC)ccc2[nH]c1=O. The Kier molecular flexibility index (Phi) is 10.2. The number of hydrogen-bond donors (Lipinski definition) is 2. The van der Waals surface area contributed by atoms with Crippen LogP contribution in [0.5, 0.6) is 5.75 Å². The van der Waals surface area contributed by atoms with E-state index in [2.05, 4.69) is 38.8 Å². The molecule has 0 spiro atoms. The smallest absolute Gasteiger partial charge is 0.253 e. The first kappa shape index (κ1) is 25.1. The summed E-state index contributed by atoms with van der Waals surface area (Å²) in [4.78, 5) is 22.3. The number of rotatable bonds is 12. The summed E-state index contributed by atoms with van der Waals surface area (Å²) in [6.45, 7) is 10.4. The van der Waals surface area contributed by atoms with E-state index < -0.39 is 0 Å². The molecule has 2 rings (SSSR count). The highest BCUT2D eigenvalue weighted by molar-refractivity contribution is 7.80. The summed E-state index contributed by atoms with van der Waals surface area (Å²) < 4.78 is 5.32. The number of methoxy groups -OCH3 is 1. The molecule has 1 aromatic heterocycles. The lowest BCUT2D eigenvalue weighted by Crippen LogP contribution is -2.44. The van der Waals surface area contributed by atoms with E-state index in [1.165, 1.54) is 0 Å². The van der Waals surface area contributed by atoms with Crippen LogP contribution in [0.15, 0.2) is 29.1 Å². The monoisotopic (exact) mass is 447 g/mol. The molecule has 1 heterocycles. The van der Waals surface area contributed by atoms with Crippen molar-refractivity contribution >= 4 is 28.2 Å². The predicted molar refractivity (Wildman–Crippen MR) is 133 cm³/mol. The maximum atomic E-state index is 12.7. The Hall–Kier alpha value is -2.16. The summed E-state index contributed by atoms with van der Waals surface area (Å²) >= 11 is 5.69. The lowest BCUT2D eigenvalue weighted by atomic mass is 10.1. The molecule has 0 aliphatic rings. The van der Waals surface area contributed by atoms with Gasteiger partial charge in [0.2, 0.25) is 0 Å². The molecule has 2 N–H and O–H groups in total. The first-order valence-electron chi connectivity index (χ1n) is 11.0. The van der Waals surface area contributed by atoms with Gasteiger partial charge in [0.05, 0.1) is 13.7 Å². The van der Waals surface area contributed by atoms with Gasteiger partial charge in [-0.05, 0) is 76.6 Å².